The summed E-state index contributed by atoms with van der Waals surface area (Å²) in [6.45, 7) is 7.33. The van der Waals surface area contributed by atoms with Gasteiger partial charge in [-0.2, -0.15) is 0 Å². The molecular formula is C19H23ClN2O3S. The molecule has 1 amide bonds. The van der Waals surface area contributed by atoms with Crippen LogP contribution in [-0.2, 0) is 14.8 Å². The molecule has 2 N–H and O–H groups in total. The third-order valence-electron chi connectivity index (χ3n) is 3.99. The van der Waals surface area contributed by atoms with E-state index in [0.29, 0.717) is 21.8 Å². The number of halogens is 1. The van der Waals surface area contributed by atoms with Crippen LogP contribution in [0.3, 0.4) is 0 Å². The Bertz CT molecular complexity index is 917. The van der Waals surface area contributed by atoms with E-state index in [9.17, 15) is 13.2 Å². The summed E-state index contributed by atoms with van der Waals surface area (Å²) in [5.74, 6) is -0.282. The summed E-state index contributed by atoms with van der Waals surface area (Å²) < 4.78 is 27.6. The zero-order chi connectivity index (χ0) is 19.5. The Labute approximate surface area is 159 Å². The first kappa shape index (κ1) is 20.4. The maximum absolute atomic E-state index is 12.6. The molecule has 2 rings (SSSR count). The number of benzene rings is 2. The smallest absolute Gasteiger partial charge is 0.241 e. The summed E-state index contributed by atoms with van der Waals surface area (Å²) >= 11 is 5.93. The van der Waals surface area contributed by atoms with Crippen LogP contribution in [0.1, 0.15) is 28.7 Å². The summed E-state index contributed by atoms with van der Waals surface area (Å²) in [6, 6.07) is 8.88. The lowest BCUT2D eigenvalue weighted by molar-refractivity contribution is -0.116. The van der Waals surface area contributed by atoms with Crippen molar-refractivity contribution in [1.29, 1.82) is 0 Å². The van der Waals surface area contributed by atoms with Gasteiger partial charge in [-0.15, -0.1) is 0 Å². The van der Waals surface area contributed by atoms with E-state index in [4.69, 9.17) is 11.6 Å². The van der Waals surface area contributed by atoms with E-state index in [0.717, 1.165) is 11.1 Å². The fraction of sp³-hybridized carbons (Fsp3) is 0.316. The van der Waals surface area contributed by atoms with Gasteiger partial charge in [0.25, 0.3) is 0 Å². The van der Waals surface area contributed by atoms with Crippen LogP contribution < -0.4 is 10.0 Å². The second-order valence-electron chi connectivity index (χ2n) is 6.38. The van der Waals surface area contributed by atoms with Crippen molar-refractivity contribution in [2.24, 2.45) is 0 Å². The van der Waals surface area contributed by atoms with Gasteiger partial charge >= 0.3 is 0 Å². The number of carbonyl (C=O) groups excluding carboxylic acids is 1. The zero-order valence-corrected chi connectivity index (χ0v) is 16.9. The van der Waals surface area contributed by atoms with Gasteiger partial charge in [-0.05, 0) is 56.5 Å². The van der Waals surface area contributed by atoms with Crippen LogP contribution in [0.2, 0.25) is 5.02 Å². The van der Waals surface area contributed by atoms with Gasteiger partial charge in [-0.1, -0.05) is 35.4 Å². The Morgan fingerprint density at radius 3 is 2.23 bits per heavy atom. The van der Waals surface area contributed by atoms with Crippen molar-refractivity contribution in [1.82, 2.24) is 4.72 Å². The van der Waals surface area contributed by atoms with E-state index in [-0.39, 0.29) is 23.8 Å². The van der Waals surface area contributed by atoms with Crippen LogP contribution in [0, 0.1) is 27.7 Å². The molecule has 0 radical (unpaired) electrons. The molecule has 0 spiro atoms. The largest absolute Gasteiger partial charge is 0.326 e. The minimum absolute atomic E-state index is 0.0144. The molecule has 0 aromatic heterocycles. The third-order valence-corrected chi connectivity index (χ3v) is 5.99. The van der Waals surface area contributed by atoms with E-state index in [1.165, 1.54) is 0 Å². The van der Waals surface area contributed by atoms with E-state index < -0.39 is 10.0 Å². The maximum atomic E-state index is 12.6. The average Bonchev–Trinajstić information content (AvgIpc) is 2.49. The van der Waals surface area contributed by atoms with E-state index in [1.807, 2.05) is 32.0 Å². The number of carbonyl (C=O) groups is 1. The lowest BCUT2D eigenvalue weighted by Gasteiger charge is -2.13. The fourth-order valence-electron chi connectivity index (χ4n) is 2.90. The van der Waals surface area contributed by atoms with Gasteiger partial charge in [0.2, 0.25) is 15.9 Å². The van der Waals surface area contributed by atoms with Crippen molar-refractivity contribution in [3.05, 3.63) is 57.6 Å². The Morgan fingerprint density at radius 1 is 1.00 bits per heavy atom. The molecule has 5 nitrogen and oxygen atoms in total. The number of amides is 1. The number of rotatable bonds is 6. The molecule has 0 atom stereocenters. The summed E-state index contributed by atoms with van der Waals surface area (Å²) in [5.41, 5.74) is 3.89. The van der Waals surface area contributed by atoms with Crippen molar-refractivity contribution in [3.8, 4) is 0 Å². The predicted molar refractivity (Wildman–Crippen MR) is 105 cm³/mol. The minimum atomic E-state index is -3.67. The molecule has 0 bridgehead atoms. The van der Waals surface area contributed by atoms with Crippen molar-refractivity contribution < 1.29 is 13.2 Å². The van der Waals surface area contributed by atoms with Gasteiger partial charge in [0.1, 0.15) is 0 Å². The molecule has 2 aromatic rings. The Hall–Kier alpha value is -1.89. The average molecular weight is 395 g/mol. The number of hydrogen-bond acceptors (Lipinski definition) is 3. The summed E-state index contributed by atoms with van der Waals surface area (Å²) in [6.07, 6.45) is 0.0230. The first-order valence-corrected chi connectivity index (χ1v) is 10.1. The predicted octanol–water partition coefficient (Wildman–Crippen LogP) is 3.88. The molecule has 0 aliphatic rings. The van der Waals surface area contributed by atoms with Gasteiger partial charge in [0.05, 0.1) is 4.90 Å². The number of nitrogens with one attached hydrogen (secondary N) is 2. The zero-order valence-electron chi connectivity index (χ0n) is 15.3. The Balaban J connectivity index is 2.00. The highest BCUT2D eigenvalue weighted by molar-refractivity contribution is 7.89. The highest BCUT2D eigenvalue weighted by Gasteiger charge is 2.19. The first-order valence-electron chi connectivity index (χ1n) is 8.23. The lowest BCUT2D eigenvalue weighted by atomic mass is 10.1. The van der Waals surface area contributed by atoms with Gasteiger partial charge in [-0.25, -0.2) is 13.1 Å². The number of sulfonamides is 1. The topological polar surface area (TPSA) is 75.3 Å². The molecular weight excluding hydrogens is 372 g/mol. The van der Waals surface area contributed by atoms with Crippen LogP contribution in [0.5, 0.6) is 0 Å². The van der Waals surface area contributed by atoms with Crippen LogP contribution in [0.25, 0.3) is 0 Å². The normalized spacial score (nSPS) is 11.4. The molecule has 0 fully saturated rings. The molecule has 0 aliphatic carbocycles. The minimum Gasteiger partial charge on any atom is -0.326 e. The van der Waals surface area contributed by atoms with Crippen molar-refractivity contribution in [2.75, 3.05) is 11.9 Å². The van der Waals surface area contributed by atoms with Crippen molar-refractivity contribution in [2.45, 2.75) is 39.0 Å². The van der Waals surface area contributed by atoms with Crippen molar-refractivity contribution >= 4 is 33.2 Å². The van der Waals surface area contributed by atoms with Crippen LogP contribution >= 0.6 is 11.6 Å². The monoisotopic (exact) mass is 394 g/mol. The molecule has 2 aromatic carbocycles. The number of anilines is 1. The van der Waals surface area contributed by atoms with Gasteiger partial charge in [-0.3, -0.25) is 4.79 Å². The van der Waals surface area contributed by atoms with E-state index >= 15 is 0 Å². The van der Waals surface area contributed by atoms with Crippen LogP contribution in [-0.4, -0.2) is 20.9 Å². The van der Waals surface area contributed by atoms with Gasteiger partial charge in [0, 0.05) is 23.7 Å². The Morgan fingerprint density at radius 2 is 1.62 bits per heavy atom. The standard InChI is InChI=1S/C19H23ClN2O3S/c1-12-9-14(3)19(15(4)10-12)26(24,25)21-8-7-18(23)22-17-11-16(20)6-5-13(17)2/h5-6,9-11,21H,7-8H2,1-4H3,(H,22,23). The highest BCUT2D eigenvalue weighted by Crippen LogP contribution is 2.22. The second kappa shape index (κ2) is 8.20. The van der Waals surface area contributed by atoms with Crippen LogP contribution in [0.15, 0.2) is 35.2 Å². The summed E-state index contributed by atoms with van der Waals surface area (Å²) in [7, 11) is -3.67. The molecule has 0 unspecified atom stereocenters. The lowest BCUT2D eigenvalue weighted by Crippen LogP contribution is -2.29. The van der Waals surface area contributed by atoms with E-state index in [1.54, 1.807) is 26.0 Å². The Kier molecular flexibility index (Phi) is 6.44. The quantitative estimate of drug-likeness (QED) is 0.780. The molecule has 140 valence electrons. The van der Waals surface area contributed by atoms with Gasteiger partial charge < -0.3 is 5.32 Å². The second-order valence-corrected chi connectivity index (χ2v) is 8.52. The number of aryl methyl sites for hydroxylation is 4. The first-order chi connectivity index (χ1) is 12.1. The highest BCUT2D eigenvalue weighted by atomic mass is 35.5. The van der Waals surface area contributed by atoms with Crippen molar-refractivity contribution in [3.63, 3.8) is 0 Å². The number of hydrogen-bond donors (Lipinski definition) is 2. The van der Waals surface area contributed by atoms with Gasteiger partial charge in [0.15, 0.2) is 0 Å². The maximum Gasteiger partial charge on any atom is 0.241 e. The SMILES string of the molecule is Cc1cc(C)c(S(=O)(=O)NCCC(=O)Nc2cc(Cl)ccc2C)c(C)c1. The van der Waals surface area contributed by atoms with E-state index in [2.05, 4.69) is 10.0 Å². The molecule has 0 saturated heterocycles. The summed E-state index contributed by atoms with van der Waals surface area (Å²) in [5, 5.41) is 3.27. The third kappa shape index (κ3) is 5.06. The fourth-order valence-corrected chi connectivity index (χ4v) is 4.56. The van der Waals surface area contributed by atoms with Crippen LogP contribution in [0.4, 0.5) is 5.69 Å². The molecule has 0 heterocycles. The molecule has 0 saturated carbocycles. The molecule has 7 heteroatoms. The summed E-state index contributed by atoms with van der Waals surface area (Å²) in [4.78, 5) is 12.4. The molecule has 26 heavy (non-hydrogen) atoms. The molecule has 0 aliphatic heterocycles.